The van der Waals surface area contributed by atoms with E-state index in [1.54, 1.807) is 35.6 Å². The van der Waals surface area contributed by atoms with E-state index < -0.39 is 0 Å². The van der Waals surface area contributed by atoms with Gasteiger partial charge in [-0.1, -0.05) is 35.9 Å². The molecule has 3 aromatic carbocycles. The van der Waals surface area contributed by atoms with Gasteiger partial charge in [0, 0.05) is 21.8 Å². The Morgan fingerprint density at radius 3 is 2.56 bits per heavy atom. The molecule has 122 valence electrons. The zero-order chi connectivity index (χ0) is 17.2. The lowest BCUT2D eigenvalue weighted by molar-refractivity contribution is 0.102. The van der Waals surface area contributed by atoms with Crippen LogP contribution in [-0.4, -0.2) is 10.9 Å². The first-order chi connectivity index (χ1) is 12.2. The second-order valence-electron chi connectivity index (χ2n) is 5.53. The third-order valence-electron chi connectivity index (χ3n) is 3.77. The van der Waals surface area contributed by atoms with Crippen LogP contribution in [0.25, 0.3) is 20.8 Å². The minimum atomic E-state index is -0.168. The van der Waals surface area contributed by atoms with Gasteiger partial charge in [0.15, 0.2) is 0 Å². The maximum absolute atomic E-state index is 12.3. The van der Waals surface area contributed by atoms with E-state index in [0.717, 1.165) is 26.5 Å². The van der Waals surface area contributed by atoms with Crippen LogP contribution in [0.4, 0.5) is 5.69 Å². The molecule has 4 aromatic rings. The zero-order valence-electron chi connectivity index (χ0n) is 13.1. The number of fused-ring (bicyclic) bond motifs is 1. The number of para-hydroxylation sites is 1. The van der Waals surface area contributed by atoms with Crippen LogP contribution in [0.1, 0.15) is 10.4 Å². The average molecular weight is 365 g/mol. The topological polar surface area (TPSA) is 42.0 Å². The molecule has 1 N–H and O–H groups in total. The largest absolute Gasteiger partial charge is 0.322 e. The number of thiazole rings is 1. The summed E-state index contributed by atoms with van der Waals surface area (Å²) < 4.78 is 1.15. The van der Waals surface area contributed by atoms with Crippen molar-refractivity contribution in [3.05, 3.63) is 83.4 Å². The maximum Gasteiger partial charge on any atom is 0.255 e. The average Bonchev–Trinajstić information content (AvgIpc) is 3.07. The number of nitrogens with zero attached hydrogens (tertiary/aromatic N) is 1. The molecule has 1 amide bonds. The molecule has 0 aliphatic heterocycles. The van der Waals surface area contributed by atoms with E-state index in [-0.39, 0.29) is 5.91 Å². The van der Waals surface area contributed by atoms with Crippen molar-refractivity contribution in [2.24, 2.45) is 0 Å². The summed E-state index contributed by atoms with van der Waals surface area (Å²) in [5, 5.41) is 4.46. The lowest BCUT2D eigenvalue weighted by Crippen LogP contribution is -2.11. The van der Waals surface area contributed by atoms with Crippen LogP contribution < -0.4 is 5.32 Å². The summed E-state index contributed by atoms with van der Waals surface area (Å²) in [5.41, 5.74) is 3.26. The van der Waals surface area contributed by atoms with Crippen LogP contribution >= 0.6 is 22.9 Å². The fourth-order valence-corrected chi connectivity index (χ4v) is 3.62. The summed E-state index contributed by atoms with van der Waals surface area (Å²) in [7, 11) is 0. The molecule has 4 rings (SSSR count). The molecule has 0 saturated carbocycles. The van der Waals surface area contributed by atoms with Crippen molar-refractivity contribution in [1.29, 1.82) is 0 Å². The highest BCUT2D eigenvalue weighted by Gasteiger charge is 2.09. The Balaban J connectivity index is 1.60. The number of rotatable bonds is 3. The molecule has 25 heavy (non-hydrogen) atoms. The SMILES string of the molecule is O=C(Nc1cccc(-c2nc3ccccc3s2)c1)c1ccc(Cl)cc1. The molecular formula is C20H13ClN2OS. The number of halogens is 1. The molecule has 0 spiro atoms. The predicted octanol–water partition coefficient (Wildman–Crippen LogP) is 5.87. The van der Waals surface area contributed by atoms with Crippen LogP contribution in [0.3, 0.4) is 0 Å². The summed E-state index contributed by atoms with van der Waals surface area (Å²) >= 11 is 7.50. The van der Waals surface area contributed by atoms with Gasteiger partial charge in [-0.15, -0.1) is 11.3 Å². The van der Waals surface area contributed by atoms with Gasteiger partial charge >= 0.3 is 0 Å². The van der Waals surface area contributed by atoms with Crippen molar-refractivity contribution in [3.8, 4) is 10.6 Å². The number of benzene rings is 3. The standard InChI is InChI=1S/C20H13ClN2OS/c21-15-10-8-13(9-11-15)19(24)22-16-5-3-4-14(12-16)20-23-17-6-1-2-7-18(17)25-20/h1-12H,(H,22,24). The molecular weight excluding hydrogens is 352 g/mol. The molecule has 0 aliphatic rings. The Labute approximate surface area is 153 Å². The third kappa shape index (κ3) is 3.40. The van der Waals surface area contributed by atoms with Crippen molar-refractivity contribution >= 4 is 44.7 Å². The molecule has 0 bridgehead atoms. The van der Waals surface area contributed by atoms with E-state index in [9.17, 15) is 4.79 Å². The third-order valence-corrected chi connectivity index (χ3v) is 5.11. The van der Waals surface area contributed by atoms with Gasteiger partial charge in [0.2, 0.25) is 0 Å². The number of carbonyl (C=O) groups excluding carboxylic acids is 1. The first-order valence-electron chi connectivity index (χ1n) is 7.72. The first kappa shape index (κ1) is 15.8. The summed E-state index contributed by atoms with van der Waals surface area (Å²) in [6.45, 7) is 0. The van der Waals surface area contributed by atoms with Gasteiger partial charge < -0.3 is 5.32 Å². The smallest absolute Gasteiger partial charge is 0.255 e. The highest BCUT2D eigenvalue weighted by Crippen LogP contribution is 2.31. The number of aromatic nitrogens is 1. The number of anilines is 1. The zero-order valence-corrected chi connectivity index (χ0v) is 14.6. The first-order valence-corrected chi connectivity index (χ1v) is 8.91. The quantitative estimate of drug-likeness (QED) is 0.494. The van der Waals surface area contributed by atoms with Crippen molar-refractivity contribution in [2.45, 2.75) is 0 Å². The van der Waals surface area contributed by atoms with E-state index in [1.807, 2.05) is 42.5 Å². The molecule has 1 aromatic heterocycles. The fourth-order valence-electron chi connectivity index (χ4n) is 2.53. The Bertz CT molecular complexity index is 1020. The summed E-state index contributed by atoms with van der Waals surface area (Å²) in [5.74, 6) is -0.168. The van der Waals surface area contributed by atoms with Crippen molar-refractivity contribution < 1.29 is 4.79 Å². The minimum Gasteiger partial charge on any atom is -0.322 e. The molecule has 0 unspecified atom stereocenters. The van der Waals surface area contributed by atoms with Gasteiger partial charge in [-0.25, -0.2) is 4.98 Å². The van der Waals surface area contributed by atoms with Crippen LogP contribution in [0.2, 0.25) is 5.02 Å². The van der Waals surface area contributed by atoms with Gasteiger partial charge in [0.05, 0.1) is 10.2 Å². The van der Waals surface area contributed by atoms with Crippen LogP contribution in [-0.2, 0) is 0 Å². The Hall–Kier alpha value is -2.69. The van der Waals surface area contributed by atoms with Crippen molar-refractivity contribution in [2.75, 3.05) is 5.32 Å². The summed E-state index contributed by atoms with van der Waals surface area (Å²) in [6, 6.07) is 22.6. The van der Waals surface area contributed by atoms with E-state index in [2.05, 4.69) is 16.4 Å². The highest BCUT2D eigenvalue weighted by atomic mass is 35.5. The van der Waals surface area contributed by atoms with E-state index >= 15 is 0 Å². The molecule has 0 aliphatic carbocycles. The van der Waals surface area contributed by atoms with Gasteiger partial charge in [0.1, 0.15) is 5.01 Å². The molecule has 0 radical (unpaired) electrons. The molecule has 0 fully saturated rings. The fraction of sp³-hybridized carbons (Fsp3) is 0. The summed E-state index contributed by atoms with van der Waals surface area (Å²) in [6.07, 6.45) is 0. The van der Waals surface area contributed by atoms with Gasteiger partial charge in [-0.2, -0.15) is 0 Å². The predicted molar refractivity (Wildman–Crippen MR) is 104 cm³/mol. The van der Waals surface area contributed by atoms with Crippen molar-refractivity contribution in [3.63, 3.8) is 0 Å². The highest BCUT2D eigenvalue weighted by molar-refractivity contribution is 7.21. The Morgan fingerprint density at radius 2 is 1.76 bits per heavy atom. The van der Waals surface area contributed by atoms with Crippen LogP contribution in [0, 0.1) is 0 Å². The monoisotopic (exact) mass is 364 g/mol. The maximum atomic E-state index is 12.3. The van der Waals surface area contributed by atoms with Crippen molar-refractivity contribution in [1.82, 2.24) is 4.98 Å². The molecule has 0 saturated heterocycles. The van der Waals surface area contributed by atoms with E-state index in [4.69, 9.17) is 11.6 Å². The lowest BCUT2D eigenvalue weighted by Gasteiger charge is -2.06. The molecule has 1 heterocycles. The van der Waals surface area contributed by atoms with Crippen LogP contribution in [0.5, 0.6) is 0 Å². The van der Waals surface area contributed by atoms with E-state index in [0.29, 0.717) is 10.6 Å². The van der Waals surface area contributed by atoms with Gasteiger partial charge in [-0.3, -0.25) is 4.79 Å². The Morgan fingerprint density at radius 1 is 0.960 bits per heavy atom. The molecule has 5 heteroatoms. The number of hydrogen-bond donors (Lipinski definition) is 1. The summed E-state index contributed by atoms with van der Waals surface area (Å²) in [4.78, 5) is 17.0. The normalized spacial score (nSPS) is 10.8. The van der Waals surface area contributed by atoms with Gasteiger partial charge in [0.25, 0.3) is 5.91 Å². The molecule has 3 nitrogen and oxygen atoms in total. The lowest BCUT2D eigenvalue weighted by atomic mass is 10.2. The Kier molecular flexibility index (Phi) is 4.22. The van der Waals surface area contributed by atoms with Crippen LogP contribution in [0.15, 0.2) is 72.8 Å². The van der Waals surface area contributed by atoms with Gasteiger partial charge in [-0.05, 0) is 48.5 Å². The molecule has 0 atom stereocenters. The second-order valence-corrected chi connectivity index (χ2v) is 7.00. The number of carbonyl (C=O) groups is 1. The number of hydrogen-bond acceptors (Lipinski definition) is 3. The minimum absolute atomic E-state index is 0.168. The number of amides is 1. The number of nitrogens with one attached hydrogen (secondary N) is 1. The second kappa shape index (κ2) is 6.67. The van der Waals surface area contributed by atoms with E-state index in [1.165, 1.54) is 0 Å².